The van der Waals surface area contributed by atoms with E-state index in [0.29, 0.717) is 69.7 Å². The minimum atomic E-state index is -0.789. The number of esters is 1. The Morgan fingerprint density at radius 1 is 1.07 bits per heavy atom. The van der Waals surface area contributed by atoms with Crippen molar-refractivity contribution in [1.29, 1.82) is 0 Å². The zero-order valence-electron chi connectivity index (χ0n) is 24.5. The number of carbonyl (C=O) groups excluding carboxylic acids is 2. The molecule has 3 heterocycles. The Kier molecular flexibility index (Phi) is 9.27. The minimum Gasteiger partial charge on any atom is -0.496 e. The SMILES string of the molecule is CCOC(=O)C1=C(C)N=c2s/c(=C/c3ccc(OCC(=O)N4CCOCC4)c(OC)c3)c(=O)n2[C@H]1c1ccccc1OC. The fourth-order valence-electron chi connectivity index (χ4n) is 5.07. The fourth-order valence-corrected chi connectivity index (χ4v) is 6.11. The monoisotopic (exact) mass is 607 g/mol. The number of allylic oxidation sites excluding steroid dienone is 1. The molecule has 226 valence electrons. The summed E-state index contributed by atoms with van der Waals surface area (Å²) < 4.78 is 29.5. The Bertz CT molecular complexity index is 1740. The number of amides is 1. The van der Waals surface area contributed by atoms with Gasteiger partial charge in [0.25, 0.3) is 11.5 Å². The van der Waals surface area contributed by atoms with Crippen molar-refractivity contribution in [3.63, 3.8) is 0 Å². The van der Waals surface area contributed by atoms with Gasteiger partial charge in [0.05, 0.1) is 49.8 Å². The molecule has 2 aliphatic heterocycles. The number of aromatic nitrogens is 1. The average Bonchev–Trinajstić information content (AvgIpc) is 3.33. The summed E-state index contributed by atoms with van der Waals surface area (Å²) in [4.78, 5) is 46.4. The molecule has 11 nitrogen and oxygen atoms in total. The van der Waals surface area contributed by atoms with Gasteiger partial charge in [-0.15, -0.1) is 0 Å². The van der Waals surface area contributed by atoms with E-state index >= 15 is 0 Å². The number of morpholine rings is 1. The predicted octanol–water partition coefficient (Wildman–Crippen LogP) is 2.05. The van der Waals surface area contributed by atoms with Crippen LogP contribution in [0.15, 0.2) is 63.5 Å². The van der Waals surface area contributed by atoms with E-state index in [-0.39, 0.29) is 30.3 Å². The third-order valence-corrected chi connectivity index (χ3v) is 8.13. The number of hydrogen-bond acceptors (Lipinski definition) is 10. The number of fused-ring (bicyclic) bond motifs is 1. The molecule has 0 N–H and O–H groups in total. The van der Waals surface area contributed by atoms with Gasteiger partial charge >= 0.3 is 5.97 Å². The van der Waals surface area contributed by atoms with Gasteiger partial charge < -0.3 is 28.6 Å². The molecule has 5 rings (SSSR count). The van der Waals surface area contributed by atoms with E-state index in [1.807, 2.05) is 18.2 Å². The Labute approximate surface area is 252 Å². The molecule has 0 unspecified atom stereocenters. The van der Waals surface area contributed by atoms with E-state index in [1.165, 1.54) is 23.0 Å². The van der Waals surface area contributed by atoms with E-state index in [1.54, 1.807) is 56.2 Å². The molecule has 12 heteroatoms. The molecule has 1 fully saturated rings. The van der Waals surface area contributed by atoms with E-state index in [4.69, 9.17) is 23.7 Å². The molecule has 43 heavy (non-hydrogen) atoms. The van der Waals surface area contributed by atoms with Gasteiger partial charge in [-0.1, -0.05) is 35.6 Å². The number of methoxy groups -OCH3 is 2. The van der Waals surface area contributed by atoms with Gasteiger partial charge in [0.2, 0.25) is 0 Å². The normalized spacial score (nSPS) is 16.8. The van der Waals surface area contributed by atoms with Gasteiger partial charge in [0, 0.05) is 18.7 Å². The highest BCUT2D eigenvalue weighted by Gasteiger charge is 2.35. The van der Waals surface area contributed by atoms with Gasteiger partial charge in [-0.25, -0.2) is 9.79 Å². The molecule has 0 aliphatic carbocycles. The second-order valence-corrected chi connectivity index (χ2v) is 10.7. The Balaban J connectivity index is 1.51. The van der Waals surface area contributed by atoms with Gasteiger partial charge in [-0.2, -0.15) is 0 Å². The van der Waals surface area contributed by atoms with Crippen molar-refractivity contribution in [3.05, 3.63) is 84.5 Å². The molecule has 1 saturated heterocycles. The molecule has 0 spiro atoms. The van der Waals surface area contributed by atoms with Crippen LogP contribution in [0.25, 0.3) is 6.08 Å². The van der Waals surface area contributed by atoms with Crippen LogP contribution in [0.2, 0.25) is 0 Å². The Hall–Kier alpha value is -4.42. The molecule has 1 amide bonds. The molecule has 0 radical (unpaired) electrons. The second kappa shape index (κ2) is 13.3. The third-order valence-electron chi connectivity index (χ3n) is 7.15. The zero-order chi connectivity index (χ0) is 30.5. The summed E-state index contributed by atoms with van der Waals surface area (Å²) in [5.74, 6) is 0.697. The third kappa shape index (κ3) is 6.20. The van der Waals surface area contributed by atoms with E-state index in [2.05, 4.69) is 4.99 Å². The smallest absolute Gasteiger partial charge is 0.338 e. The van der Waals surface area contributed by atoms with E-state index in [0.717, 1.165) is 0 Å². The summed E-state index contributed by atoms with van der Waals surface area (Å²) in [7, 11) is 3.05. The molecular weight excluding hydrogens is 574 g/mol. The number of carbonyl (C=O) groups is 2. The zero-order valence-corrected chi connectivity index (χ0v) is 25.3. The Morgan fingerprint density at radius 3 is 2.53 bits per heavy atom. The lowest BCUT2D eigenvalue weighted by Crippen LogP contribution is -2.43. The van der Waals surface area contributed by atoms with Crippen LogP contribution in [0, 0.1) is 0 Å². The van der Waals surface area contributed by atoms with Crippen molar-refractivity contribution in [1.82, 2.24) is 9.47 Å². The number of benzene rings is 2. The molecule has 3 aromatic rings. The fraction of sp³-hybridized carbons (Fsp3) is 0.355. The van der Waals surface area contributed by atoms with Crippen LogP contribution in [0.5, 0.6) is 17.2 Å². The summed E-state index contributed by atoms with van der Waals surface area (Å²) in [5, 5.41) is 0. The van der Waals surface area contributed by atoms with Crippen LogP contribution in [-0.2, 0) is 19.1 Å². The van der Waals surface area contributed by atoms with Crippen LogP contribution in [-0.4, -0.2) is 75.1 Å². The lowest BCUT2D eigenvalue weighted by molar-refractivity contribution is -0.139. The summed E-state index contributed by atoms with van der Waals surface area (Å²) >= 11 is 1.22. The first-order valence-corrected chi connectivity index (χ1v) is 14.7. The standard InChI is InChI=1S/C31H33N3O8S/c1-5-41-30(37)27-19(2)32-31-34(28(27)21-8-6-7-9-22(21)38-3)29(36)25(43-31)17-20-10-11-23(24(16-20)39-4)42-18-26(35)33-12-14-40-15-13-33/h6-11,16-17,28H,5,12-15,18H2,1-4H3/b25-17+/t28-/m0/s1. The van der Waals surface area contributed by atoms with Crippen molar-refractivity contribution >= 4 is 29.3 Å². The molecule has 0 saturated carbocycles. The molecule has 2 aliphatic rings. The highest BCUT2D eigenvalue weighted by Crippen LogP contribution is 2.35. The first-order chi connectivity index (χ1) is 20.9. The highest BCUT2D eigenvalue weighted by atomic mass is 32.1. The van der Waals surface area contributed by atoms with Gasteiger partial charge in [0.15, 0.2) is 22.9 Å². The van der Waals surface area contributed by atoms with E-state index < -0.39 is 12.0 Å². The predicted molar refractivity (Wildman–Crippen MR) is 159 cm³/mol. The first kappa shape index (κ1) is 30.1. The highest BCUT2D eigenvalue weighted by molar-refractivity contribution is 7.07. The van der Waals surface area contributed by atoms with Crippen LogP contribution in [0.3, 0.4) is 0 Å². The summed E-state index contributed by atoms with van der Waals surface area (Å²) in [6, 6.07) is 11.7. The van der Waals surface area contributed by atoms with Crippen molar-refractivity contribution in [2.24, 2.45) is 4.99 Å². The summed E-state index contributed by atoms with van der Waals surface area (Å²) in [6.45, 7) is 5.62. The first-order valence-electron chi connectivity index (χ1n) is 13.8. The van der Waals surface area contributed by atoms with Crippen LogP contribution in [0.4, 0.5) is 0 Å². The van der Waals surface area contributed by atoms with Crippen molar-refractivity contribution in [2.45, 2.75) is 19.9 Å². The quantitative estimate of drug-likeness (QED) is 0.340. The number of hydrogen-bond donors (Lipinski definition) is 0. The molecule has 0 bridgehead atoms. The lowest BCUT2D eigenvalue weighted by atomic mass is 9.95. The van der Waals surface area contributed by atoms with Crippen molar-refractivity contribution in [3.8, 4) is 17.2 Å². The number of nitrogens with zero attached hydrogens (tertiary/aromatic N) is 3. The lowest BCUT2D eigenvalue weighted by Gasteiger charge is -2.26. The average molecular weight is 608 g/mol. The number of rotatable bonds is 9. The second-order valence-electron chi connectivity index (χ2n) is 9.74. The maximum absolute atomic E-state index is 13.9. The topological polar surface area (TPSA) is 118 Å². The van der Waals surface area contributed by atoms with Gasteiger partial charge in [-0.05, 0) is 43.7 Å². The van der Waals surface area contributed by atoms with Crippen molar-refractivity contribution < 1.29 is 33.3 Å². The Morgan fingerprint density at radius 2 is 1.81 bits per heavy atom. The molecule has 1 aromatic heterocycles. The van der Waals surface area contributed by atoms with Gasteiger partial charge in [-0.3, -0.25) is 14.2 Å². The van der Waals surface area contributed by atoms with Crippen LogP contribution < -0.4 is 29.1 Å². The molecular formula is C31H33N3O8S. The summed E-state index contributed by atoms with van der Waals surface area (Å²) in [5.41, 5.74) is 1.76. The maximum atomic E-state index is 13.9. The maximum Gasteiger partial charge on any atom is 0.338 e. The van der Waals surface area contributed by atoms with E-state index in [9.17, 15) is 14.4 Å². The van der Waals surface area contributed by atoms with Crippen molar-refractivity contribution in [2.75, 3.05) is 53.7 Å². The molecule has 1 atom stereocenters. The number of thiazole rings is 1. The number of para-hydroxylation sites is 1. The molecule has 2 aromatic carbocycles. The van der Waals surface area contributed by atoms with Crippen LogP contribution >= 0.6 is 11.3 Å². The minimum absolute atomic E-state index is 0.126. The largest absolute Gasteiger partial charge is 0.496 e. The number of ether oxygens (including phenoxy) is 5. The summed E-state index contributed by atoms with van der Waals surface area (Å²) in [6.07, 6.45) is 1.73. The van der Waals surface area contributed by atoms with Crippen LogP contribution in [0.1, 0.15) is 31.0 Å². The van der Waals surface area contributed by atoms with Gasteiger partial charge in [0.1, 0.15) is 11.8 Å².